The number of rotatable bonds is 4. The molecule has 0 atom stereocenters. The monoisotopic (exact) mass is 328 g/mol. The van der Waals surface area contributed by atoms with E-state index in [1.54, 1.807) is 18.1 Å². The third kappa shape index (κ3) is 3.01. The van der Waals surface area contributed by atoms with Gasteiger partial charge in [-0.1, -0.05) is 12.1 Å². The van der Waals surface area contributed by atoms with Gasteiger partial charge in [-0.05, 0) is 29.8 Å². The molecular weight excluding hydrogens is 312 g/mol. The first-order chi connectivity index (χ1) is 11.6. The summed E-state index contributed by atoms with van der Waals surface area (Å²) in [6, 6.07) is 10.6. The van der Waals surface area contributed by atoms with Crippen LogP contribution in [0.15, 0.2) is 36.4 Å². The van der Waals surface area contributed by atoms with Crippen LogP contribution in [0.5, 0.6) is 11.6 Å². The molecule has 1 aliphatic rings. The Morgan fingerprint density at radius 3 is 2.62 bits per heavy atom. The molecule has 3 rings (SSSR count). The molecule has 1 aromatic heterocycles. The summed E-state index contributed by atoms with van der Waals surface area (Å²) >= 11 is 0. The maximum atomic E-state index is 12.2. The Hall–Kier alpha value is -3.09. The van der Waals surface area contributed by atoms with Crippen LogP contribution in [0, 0.1) is 0 Å². The molecule has 1 amide bonds. The molecule has 0 saturated carbocycles. The van der Waals surface area contributed by atoms with E-state index in [0.717, 1.165) is 11.3 Å². The molecule has 1 aromatic carbocycles. The van der Waals surface area contributed by atoms with Crippen molar-refractivity contribution in [2.45, 2.75) is 6.54 Å². The summed E-state index contributed by atoms with van der Waals surface area (Å²) in [6.45, 7) is 0.249. The average molecular weight is 328 g/mol. The molecule has 0 N–H and O–H groups in total. The lowest BCUT2D eigenvalue weighted by Crippen LogP contribution is -2.38. The number of ether oxygens (including phenoxy) is 3. The predicted molar refractivity (Wildman–Crippen MR) is 85.3 cm³/mol. The van der Waals surface area contributed by atoms with Crippen molar-refractivity contribution in [3.05, 3.63) is 47.7 Å². The molecule has 0 bridgehead atoms. The van der Waals surface area contributed by atoms with Crippen LogP contribution in [-0.4, -0.2) is 37.7 Å². The smallest absolute Gasteiger partial charge is 0.356 e. The van der Waals surface area contributed by atoms with Crippen LogP contribution in [0.1, 0.15) is 16.1 Å². The lowest BCUT2D eigenvalue weighted by Gasteiger charge is -2.28. The van der Waals surface area contributed by atoms with Crippen molar-refractivity contribution >= 4 is 17.6 Å². The molecule has 0 spiro atoms. The van der Waals surface area contributed by atoms with Crippen molar-refractivity contribution in [3.8, 4) is 11.6 Å². The summed E-state index contributed by atoms with van der Waals surface area (Å²) in [4.78, 5) is 29.5. The molecule has 0 aliphatic carbocycles. The van der Waals surface area contributed by atoms with Gasteiger partial charge in [0, 0.05) is 0 Å². The number of methoxy groups -OCH3 is 2. The van der Waals surface area contributed by atoms with Crippen LogP contribution < -0.4 is 14.4 Å². The van der Waals surface area contributed by atoms with E-state index in [1.807, 2.05) is 24.3 Å². The Morgan fingerprint density at radius 1 is 1.21 bits per heavy atom. The second-order valence-electron chi connectivity index (χ2n) is 5.13. The fourth-order valence-electron chi connectivity index (χ4n) is 2.39. The van der Waals surface area contributed by atoms with E-state index < -0.39 is 5.97 Å². The molecular formula is C17H16N2O5. The third-order valence-corrected chi connectivity index (χ3v) is 3.66. The van der Waals surface area contributed by atoms with Gasteiger partial charge in [0.2, 0.25) is 5.88 Å². The van der Waals surface area contributed by atoms with Crippen molar-refractivity contribution in [3.63, 3.8) is 0 Å². The molecule has 1 aliphatic heterocycles. The van der Waals surface area contributed by atoms with E-state index in [-0.39, 0.29) is 24.1 Å². The van der Waals surface area contributed by atoms with Crippen molar-refractivity contribution in [1.82, 2.24) is 4.98 Å². The van der Waals surface area contributed by atoms with Gasteiger partial charge in [-0.15, -0.1) is 0 Å². The van der Waals surface area contributed by atoms with Gasteiger partial charge in [-0.2, -0.15) is 0 Å². The highest BCUT2D eigenvalue weighted by atomic mass is 16.5. The SMILES string of the molecule is COC(=O)c1ccc2c(n1)OCC(=O)N2Cc1ccc(OC)cc1. The number of esters is 1. The first-order valence-electron chi connectivity index (χ1n) is 7.28. The van der Waals surface area contributed by atoms with E-state index >= 15 is 0 Å². The lowest BCUT2D eigenvalue weighted by molar-refractivity contribution is -0.121. The van der Waals surface area contributed by atoms with Crippen LogP contribution in [0.3, 0.4) is 0 Å². The van der Waals surface area contributed by atoms with E-state index in [4.69, 9.17) is 9.47 Å². The van der Waals surface area contributed by atoms with Crippen molar-refractivity contribution < 1.29 is 23.8 Å². The minimum Gasteiger partial charge on any atom is -0.497 e. The number of amides is 1. The Bertz CT molecular complexity index is 773. The number of carbonyl (C=O) groups is 2. The number of hydrogen-bond donors (Lipinski definition) is 0. The summed E-state index contributed by atoms with van der Waals surface area (Å²) in [6.07, 6.45) is 0. The molecule has 2 aromatic rings. The minimum absolute atomic E-state index is 0.124. The number of fused-ring (bicyclic) bond motifs is 1. The van der Waals surface area contributed by atoms with E-state index in [2.05, 4.69) is 9.72 Å². The molecule has 0 fully saturated rings. The molecule has 0 radical (unpaired) electrons. The number of anilines is 1. The van der Waals surface area contributed by atoms with Gasteiger partial charge >= 0.3 is 5.97 Å². The zero-order valence-corrected chi connectivity index (χ0v) is 13.3. The first kappa shape index (κ1) is 15.8. The second-order valence-corrected chi connectivity index (χ2v) is 5.13. The van der Waals surface area contributed by atoms with Crippen LogP contribution >= 0.6 is 0 Å². The van der Waals surface area contributed by atoms with E-state index in [9.17, 15) is 9.59 Å². The zero-order valence-electron chi connectivity index (χ0n) is 13.3. The number of carbonyl (C=O) groups excluding carboxylic acids is 2. The average Bonchev–Trinajstić information content (AvgIpc) is 2.63. The van der Waals surface area contributed by atoms with Crippen LogP contribution in [0.4, 0.5) is 5.69 Å². The van der Waals surface area contributed by atoms with Gasteiger partial charge in [-0.3, -0.25) is 4.79 Å². The highest BCUT2D eigenvalue weighted by molar-refractivity contribution is 5.98. The highest BCUT2D eigenvalue weighted by Crippen LogP contribution is 2.31. The molecule has 0 unspecified atom stereocenters. The quantitative estimate of drug-likeness (QED) is 0.797. The lowest BCUT2D eigenvalue weighted by atomic mass is 10.1. The van der Waals surface area contributed by atoms with Gasteiger partial charge in [0.1, 0.15) is 11.4 Å². The fraction of sp³-hybridized carbons (Fsp3) is 0.235. The number of pyridine rings is 1. The molecule has 0 saturated heterocycles. The van der Waals surface area contributed by atoms with Gasteiger partial charge in [0.05, 0.1) is 20.8 Å². The standard InChI is InChI=1S/C17H16N2O5/c1-22-12-5-3-11(4-6-12)9-19-14-8-7-13(17(21)23-2)18-16(14)24-10-15(19)20/h3-8H,9-10H2,1-2H3. The zero-order chi connectivity index (χ0) is 17.1. The Morgan fingerprint density at radius 2 is 1.96 bits per heavy atom. The number of benzene rings is 1. The van der Waals surface area contributed by atoms with E-state index in [1.165, 1.54) is 13.2 Å². The van der Waals surface area contributed by atoms with Gasteiger partial charge < -0.3 is 19.1 Å². The maximum Gasteiger partial charge on any atom is 0.356 e. The largest absolute Gasteiger partial charge is 0.497 e. The van der Waals surface area contributed by atoms with Gasteiger partial charge in [-0.25, -0.2) is 9.78 Å². The van der Waals surface area contributed by atoms with Crippen molar-refractivity contribution in [2.75, 3.05) is 25.7 Å². The molecule has 2 heterocycles. The minimum atomic E-state index is -0.556. The molecule has 24 heavy (non-hydrogen) atoms. The summed E-state index contributed by atoms with van der Waals surface area (Å²) < 4.78 is 15.1. The summed E-state index contributed by atoms with van der Waals surface area (Å²) in [5.74, 6) is 0.258. The number of aromatic nitrogens is 1. The summed E-state index contributed by atoms with van der Waals surface area (Å²) in [7, 11) is 2.88. The van der Waals surface area contributed by atoms with Crippen LogP contribution in [-0.2, 0) is 16.1 Å². The molecule has 7 nitrogen and oxygen atoms in total. The first-order valence-corrected chi connectivity index (χ1v) is 7.28. The Labute approximate surface area is 138 Å². The Kier molecular flexibility index (Phi) is 4.33. The number of hydrogen-bond acceptors (Lipinski definition) is 6. The molecule has 7 heteroatoms. The highest BCUT2D eigenvalue weighted by Gasteiger charge is 2.27. The molecule has 124 valence electrons. The predicted octanol–water partition coefficient (Wildman–Crippen LogP) is 1.80. The topological polar surface area (TPSA) is 78.0 Å². The summed E-state index contributed by atoms with van der Waals surface area (Å²) in [5.41, 5.74) is 1.60. The Balaban J connectivity index is 1.88. The van der Waals surface area contributed by atoms with Crippen LogP contribution in [0.2, 0.25) is 0 Å². The third-order valence-electron chi connectivity index (χ3n) is 3.66. The fourth-order valence-corrected chi connectivity index (χ4v) is 2.39. The maximum absolute atomic E-state index is 12.2. The summed E-state index contributed by atoms with van der Waals surface area (Å²) in [5, 5.41) is 0. The van der Waals surface area contributed by atoms with Crippen molar-refractivity contribution in [2.24, 2.45) is 0 Å². The van der Waals surface area contributed by atoms with Gasteiger partial charge in [0.15, 0.2) is 12.3 Å². The number of nitrogens with zero attached hydrogens (tertiary/aromatic N) is 2. The van der Waals surface area contributed by atoms with Crippen LogP contribution in [0.25, 0.3) is 0 Å². The normalized spacial score (nSPS) is 13.1. The van der Waals surface area contributed by atoms with Crippen molar-refractivity contribution in [1.29, 1.82) is 0 Å². The second kappa shape index (κ2) is 6.57. The van der Waals surface area contributed by atoms with Gasteiger partial charge in [0.25, 0.3) is 5.91 Å². The van der Waals surface area contributed by atoms with E-state index in [0.29, 0.717) is 12.2 Å².